The number of carbonyl (C=O) groups is 3. The predicted molar refractivity (Wildman–Crippen MR) is 143 cm³/mol. The number of nitrogens with zero attached hydrogens (tertiary/aromatic N) is 1. The van der Waals surface area contributed by atoms with Gasteiger partial charge in [0.15, 0.2) is 0 Å². The van der Waals surface area contributed by atoms with Gasteiger partial charge in [-0.3, -0.25) is 19.3 Å². The molecule has 0 aromatic heterocycles. The maximum Gasteiger partial charge on any atom is 0.294 e. The van der Waals surface area contributed by atoms with Gasteiger partial charge in [-0.15, -0.1) is 0 Å². The fourth-order valence-corrected chi connectivity index (χ4v) is 4.79. The Bertz CT molecular complexity index is 1320. The molecule has 1 fully saturated rings. The minimum Gasteiger partial charge on any atom is -0.488 e. The van der Waals surface area contributed by atoms with Gasteiger partial charge in [0.25, 0.3) is 11.1 Å². The summed E-state index contributed by atoms with van der Waals surface area (Å²) in [4.78, 5) is 38.5. The molecule has 0 bridgehead atoms. The molecule has 0 aliphatic carbocycles. The van der Waals surface area contributed by atoms with Crippen LogP contribution >= 0.6 is 46.0 Å². The lowest BCUT2D eigenvalue weighted by Crippen LogP contribution is -2.36. The number of halogens is 3. The average molecular weight is 623 g/mol. The largest absolute Gasteiger partial charge is 0.488 e. The van der Waals surface area contributed by atoms with Gasteiger partial charge in [-0.2, -0.15) is 0 Å². The number of thioether (sulfide) groups is 1. The standard InChI is InChI=1S/C25H17ClFIN2O4S/c26-17-4-1-15(2-5-17)14-34-21-10-3-16(11-20(21)28)12-22-24(32)30(25(33)35-22)13-23(31)29-19-8-6-18(27)7-9-19/h1-12H,13-14H2,(H,29,31)/b22-12-. The lowest BCUT2D eigenvalue weighted by molar-refractivity contribution is -0.127. The molecule has 3 aromatic carbocycles. The molecule has 1 saturated heterocycles. The van der Waals surface area contributed by atoms with Crippen molar-refractivity contribution in [1.82, 2.24) is 4.90 Å². The molecule has 6 nitrogen and oxygen atoms in total. The van der Waals surface area contributed by atoms with Crippen LogP contribution in [0.2, 0.25) is 5.02 Å². The number of nitrogens with one attached hydrogen (secondary N) is 1. The van der Waals surface area contributed by atoms with E-state index in [1.165, 1.54) is 24.3 Å². The Morgan fingerprint density at radius 1 is 1.09 bits per heavy atom. The second-order valence-electron chi connectivity index (χ2n) is 7.43. The number of ether oxygens (including phenoxy) is 1. The zero-order valence-electron chi connectivity index (χ0n) is 18.0. The van der Waals surface area contributed by atoms with E-state index in [1.54, 1.807) is 30.3 Å². The number of hydrogen-bond donors (Lipinski definition) is 1. The Kier molecular flexibility index (Phi) is 8.09. The van der Waals surface area contributed by atoms with Gasteiger partial charge >= 0.3 is 0 Å². The lowest BCUT2D eigenvalue weighted by Gasteiger charge is -2.12. The third-order valence-corrected chi connectivity index (χ3v) is 6.87. The van der Waals surface area contributed by atoms with Gasteiger partial charge in [-0.05, 0) is 100 Å². The van der Waals surface area contributed by atoms with Crippen molar-refractivity contribution in [3.63, 3.8) is 0 Å². The first-order valence-electron chi connectivity index (χ1n) is 10.3. The summed E-state index contributed by atoms with van der Waals surface area (Å²) >= 11 is 8.82. The molecular weight excluding hydrogens is 606 g/mol. The topological polar surface area (TPSA) is 75.7 Å². The number of anilines is 1. The number of rotatable bonds is 7. The van der Waals surface area contributed by atoms with E-state index in [0.717, 1.165) is 31.4 Å². The van der Waals surface area contributed by atoms with Crippen molar-refractivity contribution in [2.24, 2.45) is 0 Å². The highest BCUT2D eigenvalue weighted by molar-refractivity contribution is 14.1. The highest BCUT2D eigenvalue weighted by Crippen LogP contribution is 2.33. The summed E-state index contributed by atoms with van der Waals surface area (Å²) in [5.74, 6) is -0.859. The Balaban J connectivity index is 1.39. The van der Waals surface area contributed by atoms with E-state index < -0.39 is 29.4 Å². The molecule has 3 amide bonds. The molecule has 0 radical (unpaired) electrons. The molecule has 10 heteroatoms. The van der Waals surface area contributed by atoms with Crippen LogP contribution in [0.1, 0.15) is 11.1 Å². The summed E-state index contributed by atoms with van der Waals surface area (Å²) in [6.07, 6.45) is 1.61. The van der Waals surface area contributed by atoms with Crippen LogP contribution < -0.4 is 10.1 Å². The highest BCUT2D eigenvalue weighted by atomic mass is 127. The van der Waals surface area contributed by atoms with Gasteiger partial charge < -0.3 is 10.1 Å². The lowest BCUT2D eigenvalue weighted by atomic mass is 10.2. The van der Waals surface area contributed by atoms with Crippen LogP contribution in [0.4, 0.5) is 14.9 Å². The van der Waals surface area contributed by atoms with E-state index in [4.69, 9.17) is 16.3 Å². The summed E-state index contributed by atoms with van der Waals surface area (Å²) in [5.41, 5.74) is 2.06. The first-order valence-corrected chi connectivity index (χ1v) is 12.5. The number of hydrogen-bond acceptors (Lipinski definition) is 5. The molecule has 1 aliphatic rings. The van der Waals surface area contributed by atoms with Gasteiger partial charge in [-0.25, -0.2) is 4.39 Å². The molecule has 0 atom stereocenters. The van der Waals surface area contributed by atoms with E-state index in [2.05, 4.69) is 27.9 Å². The van der Waals surface area contributed by atoms with Gasteiger partial charge in [0.1, 0.15) is 24.7 Å². The van der Waals surface area contributed by atoms with Crippen LogP contribution in [0.5, 0.6) is 5.75 Å². The molecule has 1 N–H and O–H groups in total. The quantitative estimate of drug-likeness (QED) is 0.246. The van der Waals surface area contributed by atoms with E-state index in [0.29, 0.717) is 23.1 Å². The van der Waals surface area contributed by atoms with Crippen LogP contribution in [0.15, 0.2) is 71.6 Å². The maximum atomic E-state index is 13.0. The minimum atomic E-state index is -0.558. The molecule has 0 saturated carbocycles. The first-order chi connectivity index (χ1) is 16.8. The van der Waals surface area contributed by atoms with Gasteiger partial charge in [0.2, 0.25) is 5.91 Å². The van der Waals surface area contributed by atoms with Crippen LogP contribution in [0, 0.1) is 9.39 Å². The first kappa shape index (κ1) is 25.2. The van der Waals surface area contributed by atoms with Crippen molar-refractivity contribution >= 4 is 74.8 Å². The molecule has 35 heavy (non-hydrogen) atoms. The van der Waals surface area contributed by atoms with E-state index in [1.807, 2.05) is 18.2 Å². The van der Waals surface area contributed by atoms with Crippen LogP contribution in [0.3, 0.4) is 0 Å². The van der Waals surface area contributed by atoms with Crippen molar-refractivity contribution in [3.05, 3.63) is 97.2 Å². The Hall–Kier alpha value is -2.89. The SMILES string of the molecule is O=C(CN1C(=O)S/C(=C\c2ccc(OCc3ccc(Cl)cc3)c(I)c2)C1=O)Nc1ccc(F)cc1. The second-order valence-corrected chi connectivity index (χ2v) is 10.0. The molecule has 178 valence electrons. The summed E-state index contributed by atoms with van der Waals surface area (Å²) in [7, 11) is 0. The predicted octanol–water partition coefficient (Wildman–Crippen LogP) is 6.34. The van der Waals surface area contributed by atoms with Crippen LogP contribution in [-0.2, 0) is 16.2 Å². The second kappa shape index (κ2) is 11.2. The Labute approximate surface area is 223 Å². The Morgan fingerprint density at radius 3 is 2.49 bits per heavy atom. The monoisotopic (exact) mass is 622 g/mol. The van der Waals surface area contributed by atoms with E-state index in [9.17, 15) is 18.8 Å². The maximum absolute atomic E-state index is 13.0. The fraction of sp³-hybridized carbons (Fsp3) is 0.0800. The van der Waals surface area contributed by atoms with Crippen molar-refractivity contribution in [2.75, 3.05) is 11.9 Å². The van der Waals surface area contributed by atoms with E-state index in [-0.39, 0.29) is 4.91 Å². The number of carbonyl (C=O) groups excluding carboxylic acids is 3. The van der Waals surface area contributed by atoms with Gasteiger partial charge in [0.05, 0.1) is 8.48 Å². The zero-order chi connectivity index (χ0) is 24.9. The summed E-state index contributed by atoms with van der Waals surface area (Å²) in [6.45, 7) is -0.0558. The van der Waals surface area contributed by atoms with Crippen molar-refractivity contribution in [2.45, 2.75) is 6.61 Å². The molecule has 1 aliphatic heterocycles. The van der Waals surface area contributed by atoms with Gasteiger partial charge in [-0.1, -0.05) is 29.8 Å². The molecular formula is C25H17ClFIN2O4S. The number of amides is 3. The highest BCUT2D eigenvalue weighted by Gasteiger charge is 2.36. The number of benzene rings is 3. The third-order valence-electron chi connectivity index (χ3n) is 4.86. The van der Waals surface area contributed by atoms with Crippen LogP contribution in [0.25, 0.3) is 6.08 Å². The average Bonchev–Trinajstić information content (AvgIpc) is 3.08. The summed E-state index contributed by atoms with van der Waals surface area (Å²) in [5, 5.41) is 2.66. The smallest absolute Gasteiger partial charge is 0.294 e. The minimum absolute atomic E-state index is 0.218. The number of imide groups is 1. The zero-order valence-corrected chi connectivity index (χ0v) is 21.7. The van der Waals surface area contributed by atoms with Gasteiger partial charge in [0, 0.05) is 10.7 Å². The van der Waals surface area contributed by atoms with E-state index >= 15 is 0 Å². The fourth-order valence-electron chi connectivity index (χ4n) is 3.13. The molecule has 4 rings (SSSR count). The molecule has 0 spiro atoms. The Morgan fingerprint density at radius 2 is 1.80 bits per heavy atom. The van der Waals surface area contributed by atoms with Crippen molar-refractivity contribution in [3.8, 4) is 5.75 Å². The summed E-state index contributed by atoms with van der Waals surface area (Å²) < 4.78 is 19.7. The normalized spacial score (nSPS) is 14.5. The third kappa shape index (κ3) is 6.62. The molecule has 1 heterocycles. The molecule has 0 unspecified atom stereocenters. The van der Waals surface area contributed by atoms with Crippen LogP contribution in [-0.4, -0.2) is 28.5 Å². The van der Waals surface area contributed by atoms with Crippen molar-refractivity contribution < 1.29 is 23.5 Å². The summed E-state index contributed by atoms with van der Waals surface area (Å²) in [6, 6.07) is 18.0. The van der Waals surface area contributed by atoms with Crippen molar-refractivity contribution in [1.29, 1.82) is 0 Å². The molecule has 3 aromatic rings.